The summed E-state index contributed by atoms with van der Waals surface area (Å²) in [6, 6.07) is 21.3. The Balaban J connectivity index is 1.96. The van der Waals surface area contributed by atoms with Crippen LogP contribution in [0.5, 0.6) is 17.4 Å². The second kappa shape index (κ2) is 10.4. The molecule has 1 N–H and O–H groups in total. The van der Waals surface area contributed by atoms with Gasteiger partial charge in [-0.05, 0) is 74.6 Å². The average Bonchev–Trinajstić information content (AvgIpc) is 2.86. The first-order valence-corrected chi connectivity index (χ1v) is 11.3. The van der Waals surface area contributed by atoms with Crippen LogP contribution >= 0.6 is 12.2 Å². The summed E-state index contributed by atoms with van der Waals surface area (Å²) < 4.78 is 13.6. The van der Waals surface area contributed by atoms with Crippen molar-refractivity contribution < 1.29 is 14.6 Å². The predicted molar refractivity (Wildman–Crippen MR) is 137 cm³/mol. The maximum Gasteiger partial charge on any atom is 0.290 e. The Morgan fingerprint density at radius 2 is 1.54 bits per heavy atom. The molecule has 3 aromatic carbocycles. The van der Waals surface area contributed by atoms with Crippen LogP contribution in [0.4, 0.5) is 11.4 Å². The van der Waals surface area contributed by atoms with Gasteiger partial charge in [-0.3, -0.25) is 13.9 Å². The summed E-state index contributed by atoms with van der Waals surface area (Å²) in [6.45, 7) is 4.37. The Morgan fingerprint density at radius 1 is 0.914 bits per heavy atom. The maximum absolute atomic E-state index is 13.5. The van der Waals surface area contributed by atoms with Crippen LogP contribution in [0, 0.1) is 11.7 Å². The van der Waals surface area contributed by atoms with Crippen LogP contribution in [0.15, 0.2) is 87.8 Å². The molecule has 0 radical (unpaired) electrons. The standard InChI is InChI=1S/C26H24N4O4S/c1-4-34-20-15-13-19(14-16-20)30-25(32)23(28-27-21-7-5-6-8-22(21)33-3)24(31)29(26(30)35)18-11-9-17(2)10-12-18/h5-16,31H,4H2,1-3H3. The Labute approximate surface area is 207 Å². The van der Waals surface area contributed by atoms with Gasteiger partial charge in [0, 0.05) is 0 Å². The molecule has 35 heavy (non-hydrogen) atoms. The molecular formula is C26H24N4O4S. The third-order valence-corrected chi connectivity index (χ3v) is 5.62. The highest BCUT2D eigenvalue weighted by molar-refractivity contribution is 7.71. The zero-order valence-corrected chi connectivity index (χ0v) is 20.3. The minimum Gasteiger partial charge on any atom is -0.494 e. The first-order chi connectivity index (χ1) is 16.9. The quantitative estimate of drug-likeness (QED) is 0.247. The molecule has 0 amide bonds. The van der Waals surface area contributed by atoms with Crippen LogP contribution in [-0.2, 0) is 0 Å². The maximum atomic E-state index is 13.5. The van der Waals surface area contributed by atoms with E-state index in [1.54, 1.807) is 60.7 Å². The van der Waals surface area contributed by atoms with E-state index in [0.29, 0.717) is 35.2 Å². The summed E-state index contributed by atoms with van der Waals surface area (Å²) in [4.78, 5) is 13.5. The molecule has 0 spiro atoms. The minimum absolute atomic E-state index is 0.0803. The van der Waals surface area contributed by atoms with Crippen molar-refractivity contribution in [1.82, 2.24) is 9.13 Å². The average molecular weight is 489 g/mol. The lowest BCUT2D eigenvalue weighted by Crippen LogP contribution is -2.23. The number of hydrogen-bond donors (Lipinski definition) is 1. The lowest BCUT2D eigenvalue weighted by molar-refractivity contribution is 0.340. The van der Waals surface area contributed by atoms with Crippen molar-refractivity contribution in [2.24, 2.45) is 10.2 Å². The summed E-state index contributed by atoms with van der Waals surface area (Å²) in [5, 5.41) is 19.5. The van der Waals surface area contributed by atoms with Gasteiger partial charge in [0.05, 0.1) is 25.1 Å². The molecule has 0 bridgehead atoms. The second-order valence-corrected chi connectivity index (χ2v) is 7.93. The number of nitrogens with zero attached hydrogens (tertiary/aromatic N) is 4. The number of para-hydroxylation sites is 1. The lowest BCUT2D eigenvalue weighted by Gasteiger charge is -2.16. The fourth-order valence-corrected chi connectivity index (χ4v) is 3.88. The molecule has 8 nitrogen and oxygen atoms in total. The second-order valence-electron chi connectivity index (χ2n) is 7.57. The highest BCUT2D eigenvalue weighted by Crippen LogP contribution is 2.32. The third kappa shape index (κ3) is 4.85. The fourth-order valence-electron chi connectivity index (χ4n) is 3.50. The van der Waals surface area contributed by atoms with Gasteiger partial charge < -0.3 is 14.6 Å². The van der Waals surface area contributed by atoms with E-state index in [0.717, 1.165) is 5.56 Å². The van der Waals surface area contributed by atoms with E-state index in [-0.39, 0.29) is 10.5 Å². The zero-order chi connectivity index (χ0) is 24.9. The Hall–Kier alpha value is -4.24. The molecule has 4 aromatic rings. The molecule has 178 valence electrons. The van der Waals surface area contributed by atoms with Gasteiger partial charge in [-0.25, -0.2) is 0 Å². The number of rotatable bonds is 7. The number of azo groups is 1. The monoisotopic (exact) mass is 488 g/mol. The van der Waals surface area contributed by atoms with Gasteiger partial charge in [-0.15, -0.1) is 10.2 Å². The van der Waals surface area contributed by atoms with E-state index in [1.165, 1.54) is 16.2 Å². The van der Waals surface area contributed by atoms with Crippen LogP contribution in [0.2, 0.25) is 0 Å². The highest BCUT2D eigenvalue weighted by Gasteiger charge is 2.19. The number of aryl methyl sites for hydroxylation is 1. The van der Waals surface area contributed by atoms with Crippen LogP contribution in [0.25, 0.3) is 11.4 Å². The van der Waals surface area contributed by atoms with Crippen molar-refractivity contribution >= 4 is 23.6 Å². The van der Waals surface area contributed by atoms with Gasteiger partial charge >= 0.3 is 0 Å². The van der Waals surface area contributed by atoms with E-state index >= 15 is 0 Å². The van der Waals surface area contributed by atoms with Crippen molar-refractivity contribution in [2.45, 2.75) is 13.8 Å². The fraction of sp³-hybridized carbons (Fsp3) is 0.154. The number of hydrogen-bond acceptors (Lipinski definition) is 7. The van der Waals surface area contributed by atoms with Gasteiger partial charge in [0.25, 0.3) is 5.56 Å². The first kappa shape index (κ1) is 23.9. The predicted octanol–water partition coefficient (Wildman–Crippen LogP) is 6.19. The van der Waals surface area contributed by atoms with Gasteiger partial charge in [0.1, 0.15) is 17.2 Å². The van der Waals surface area contributed by atoms with Gasteiger partial charge in [-0.1, -0.05) is 29.8 Å². The smallest absolute Gasteiger partial charge is 0.290 e. The SMILES string of the molecule is CCOc1ccc(-n2c(=O)c(N=Nc3ccccc3OC)c(O)n(-c3ccc(C)cc3)c2=S)cc1. The molecule has 0 aliphatic heterocycles. The summed E-state index contributed by atoms with van der Waals surface area (Å²) in [5.74, 6) is 0.732. The molecule has 0 aliphatic carbocycles. The molecule has 0 fully saturated rings. The molecule has 1 aromatic heterocycles. The van der Waals surface area contributed by atoms with Crippen molar-refractivity contribution in [1.29, 1.82) is 0 Å². The van der Waals surface area contributed by atoms with E-state index < -0.39 is 11.4 Å². The van der Waals surface area contributed by atoms with Gasteiger partial charge in [0.2, 0.25) is 11.6 Å². The molecule has 0 saturated heterocycles. The number of methoxy groups -OCH3 is 1. The van der Waals surface area contributed by atoms with Gasteiger partial charge in [0.15, 0.2) is 4.77 Å². The number of aromatic hydroxyl groups is 1. The van der Waals surface area contributed by atoms with E-state index in [1.807, 2.05) is 26.0 Å². The van der Waals surface area contributed by atoms with Crippen molar-refractivity contribution in [3.05, 3.63) is 93.5 Å². The number of ether oxygens (including phenoxy) is 2. The van der Waals surface area contributed by atoms with Crippen molar-refractivity contribution in [3.8, 4) is 28.8 Å². The van der Waals surface area contributed by atoms with Crippen LogP contribution in [0.3, 0.4) is 0 Å². The summed E-state index contributed by atoms with van der Waals surface area (Å²) in [7, 11) is 1.52. The molecule has 0 atom stereocenters. The Kier molecular flexibility index (Phi) is 7.07. The van der Waals surface area contributed by atoms with Crippen molar-refractivity contribution in [2.75, 3.05) is 13.7 Å². The summed E-state index contributed by atoms with van der Waals surface area (Å²) >= 11 is 5.67. The summed E-state index contributed by atoms with van der Waals surface area (Å²) in [5.41, 5.74) is 1.64. The molecular weight excluding hydrogens is 464 g/mol. The van der Waals surface area contributed by atoms with E-state index in [9.17, 15) is 9.90 Å². The molecule has 9 heteroatoms. The molecule has 0 unspecified atom stereocenters. The molecule has 4 rings (SSSR count). The van der Waals surface area contributed by atoms with Crippen LogP contribution in [-0.4, -0.2) is 28.0 Å². The normalized spacial score (nSPS) is 11.1. The lowest BCUT2D eigenvalue weighted by atomic mass is 10.2. The Bertz CT molecular complexity index is 1490. The molecule has 1 heterocycles. The van der Waals surface area contributed by atoms with Crippen LogP contribution < -0.4 is 15.0 Å². The Morgan fingerprint density at radius 3 is 2.20 bits per heavy atom. The molecule has 0 aliphatic rings. The third-order valence-electron chi connectivity index (χ3n) is 5.25. The topological polar surface area (TPSA) is 90.3 Å². The van der Waals surface area contributed by atoms with E-state index in [2.05, 4.69) is 10.2 Å². The van der Waals surface area contributed by atoms with Gasteiger partial charge in [-0.2, -0.15) is 0 Å². The largest absolute Gasteiger partial charge is 0.494 e. The highest BCUT2D eigenvalue weighted by atomic mass is 32.1. The zero-order valence-electron chi connectivity index (χ0n) is 19.5. The number of benzene rings is 3. The molecule has 0 saturated carbocycles. The minimum atomic E-state index is -0.612. The van der Waals surface area contributed by atoms with Crippen molar-refractivity contribution in [3.63, 3.8) is 0 Å². The summed E-state index contributed by atoms with van der Waals surface area (Å²) in [6.07, 6.45) is 0. The van der Waals surface area contributed by atoms with Crippen LogP contribution in [0.1, 0.15) is 12.5 Å². The first-order valence-electron chi connectivity index (χ1n) is 10.9. The van der Waals surface area contributed by atoms with E-state index in [4.69, 9.17) is 21.7 Å². The number of aromatic nitrogens is 2.